The van der Waals surface area contributed by atoms with Crippen LogP contribution in [0, 0.1) is 0 Å². The Balaban J connectivity index is 2.78. The molecule has 0 bridgehead atoms. The molecule has 0 radical (unpaired) electrons. The van der Waals surface area contributed by atoms with Crippen LogP contribution >= 0.6 is 23.8 Å². The first kappa shape index (κ1) is 11.0. The average Bonchev–Trinajstić information content (AvgIpc) is 2.08. The van der Waals surface area contributed by atoms with E-state index >= 15 is 0 Å². The number of rotatable bonds is 4. The van der Waals surface area contributed by atoms with Gasteiger partial charge in [-0.3, -0.25) is 0 Å². The third-order valence-corrected chi connectivity index (χ3v) is 3.12. The van der Waals surface area contributed by atoms with Crippen LogP contribution in [0.5, 0.6) is 0 Å². The highest BCUT2D eigenvalue weighted by molar-refractivity contribution is 8.00. The van der Waals surface area contributed by atoms with Gasteiger partial charge in [-0.15, -0.1) is 11.8 Å². The van der Waals surface area contributed by atoms with Crippen LogP contribution in [0.15, 0.2) is 29.2 Å². The van der Waals surface area contributed by atoms with Crippen molar-refractivity contribution in [3.05, 3.63) is 29.8 Å². The van der Waals surface area contributed by atoms with E-state index in [1.165, 1.54) is 10.5 Å². The number of hydrogen-bond donors (Lipinski definition) is 1. The molecule has 1 nitrogen and oxygen atoms in total. The van der Waals surface area contributed by atoms with Gasteiger partial charge in [0.05, 0.1) is 0 Å². The summed E-state index contributed by atoms with van der Waals surface area (Å²) in [6.07, 6.45) is 0. The molecule has 13 heavy (non-hydrogen) atoms. The highest BCUT2D eigenvalue weighted by Gasteiger charge is 2.03. The minimum absolute atomic E-state index is 0.588. The van der Waals surface area contributed by atoms with E-state index in [1.54, 1.807) is 0 Å². The molecule has 0 unspecified atom stereocenters. The molecular formula is C10H14OS2. The molecule has 0 aliphatic carbocycles. The van der Waals surface area contributed by atoms with Crippen molar-refractivity contribution in [2.75, 3.05) is 0 Å². The first-order chi connectivity index (χ1) is 6.24. The van der Waals surface area contributed by atoms with Gasteiger partial charge in [0.2, 0.25) is 0 Å². The third-order valence-electron chi connectivity index (χ3n) is 1.56. The van der Waals surface area contributed by atoms with E-state index in [9.17, 15) is 0 Å². The zero-order chi connectivity index (χ0) is 9.68. The third kappa shape index (κ3) is 3.63. The molecule has 0 aliphatic heterocycles. The molecule has 0 heterocycles. The Morgan fingerprint density at radius 2 is 2.00 bits per heavy atom. The Labute approximate surface area is 88.1 Å². The van der Waals surface area contributed by atoms with E-state index in [0.29, 0.717) is 11.0 Å². The van der Waals surface area contributed by atoms with Gasteiger partial charge in [-0.2, -0.15) is 0 Å². The van der Waals surface area contributed by atoms with E-state index in [1.807, 2.05) is 23.9 Å². The molecule has 0 saturated heterocycles. The van der Waals surface area contributed by atoms with Crippen LogP contribution in [0.2, 0.25) is 0 Å². The summed E-state index contributed by atoms with van der Waals surface area (Å²) in [5, 5.41) is 0.588. The molecule has 1 aromatic rings. The second kappa shape index (κ2) is 5.58. The predicted molar refractivity (Wildman–Crippen MR) is 61.4 cm³/mol. The number of benzene rings is 1. The predicted octanol–water partition coefficient (Wildman–Crippen LogP) is 3.89. The minimum Gasteiger partial charge on any atom is -0.330 e. The van der Waals surface area contributed by atoms with Gasteiger partial charge in [-0.25, -0.2) is 0 Å². The Kier molecular flexibility index (Phi) is 4.70. The maximum Gasteiger partial charge on any atom is 0.0457 e. The summed E-state index contributed by atoms with van der Waals surface area (Å²) in [7, 11) is 0. The molecule has 0 spiro atoms. The van der Waals surface area contributed by atoms with Crippen molar-refractivity contribution in [3.63, 3.8) is 0 Å². The van der Waals surface area contributed by atoms with E-state index in [2.05, 4.69) is 26.0 Å². The van der Waals surface area contributed by atoms with Crippen LogP contribution < -0.4 is 0 Å². The van der Waals surface area contributed by atoms with Crippen LogP contribution in [0.1, 0.15) is 19.4 Å². The average molecular weight is 214 g/mol. The summed E-state index contributed by atoms with van der Waals surface area (Å²) >= 11 is 2.72. The summed E-state index contributed by atoms with van der Waals surface area (Å²) in [6.45, 7) is 4.35. The van der Waals surface area contributed by atoms with Crippen LogP contribution in [0.25, 0.3) is 0 Å². The Morgan fingerprint density at radius 3 is 2.62 bits per heavy atom. The molecule has 0 aromatic heterocycles. The van der Waals surface area contributed by atoms with Gasteiger partial charge in [0.1, 0.15) is 0 Å². The monoisotopic (exact) mass is 214 g/mol. The molecule has 72 valence electrons. The fraction of sp³-hybridized carbons (Fsp3) is 0.400. The van der Waals surface area contributed by atoms with Crippen LogP contribution in [-0.4, -0.2) is 9.80 Å². The lowest BCUT2D eigenvalue weighted by atomic mass is 10.2. The SMILES string of the molecule is CC(C)Sc1ccccc1CSO. The minimum atomic E-state index is 0.588. The quantitative estimate of drug-likeness (QED) is 0.606. The van der Waals surface area contributed by atoms with Gasteiger partial charge in [0.15, 0.2) is 0 Å². The Bertz CT molecular complexity index is 261. The van der Waals surface area contributed by atoms with Gasteiger partial charge >= 0.3 is 0 Å². The lowest BCUT2D eigenvalue weighted by molar-refractivity contribution is 0.662. The van der Waals surface area contributed by atoms with Gasteiger partial charge in [0.25, 0.3) is 0 Å². The molecule has 0 amide bonds. The van der Waals surface area contributed by atoms with E-state index in [-0.39, 0.29) is 0 Å². The largest absolute Gasteiger partial charge is 0.330 e. The van der Waals surface area contributed by atoms with E-state index in [4.69, 9.17) is 4.55 Å². The maximum absolute atomic E-state index is 8.79. The van der Waals surface area contributed by atoms with Crippen molar-refractivity contribution in [2.24, 2.45) is 0 Å². The van der Waals surface area contributed by atoms with Crippen molar-refractivity contribution in [3.8, 4) is 0 Å². The Hall–Kier alpha value is -0.120. The van der Waals surface area contributed by atoms with Crippen molar-refractivity contribution in [1.82, 2.24) is 0 Å². The molecule has 3 heteroatoms. The van der Waals surface area contributed by atoms with Crippen molar-refractivity contribution in [1.29, 1.82) is 0 Å². The second-order valence-corrected chi connectivity index (χ2v) is 5.21. The number of hydrogen-bond acceptors (Lipinski definition) is 3. The van der Waals surface area contributed by atoms with Gasteiger partial charge < -0.3 is 4.55 Å². The lowest BCUT2D eigenvalue weighted by Crippen LogP contribution is -1.90. The summed E-state index contributed by atoms with van der Waals surface area (Å²) in [6, 6.07) is 8.22. The molecule has 0 aliphatic rings. The second-order valence-electron chi connectivity index (χ2n) is 3.05. The maximum atomic E-state index is 8.79. The normalized spacial score (nSPS) is 10.8. The molecule has 1 rings (SSSR count). The van der Waals surface area contributed by atoms with E-state index in [0.717, 1.165) is 12.0 Å². The zero-order valence-electron chi connectivity index (χ0n) is 7.86. The first-order valence-corrected chi connectivity index (χ1v) is 6.07. The summed E-state index contributed by atoms with van der Waals surface area (Å²) in [5.41, 5.74) is 1.22. The van der Waals surface area contributed by atoms with Crippen molar-refractivity contribution < 1.29 is 4.55 Å². The highest BCUT2D eigenvalue weighted by Crippen LogP contribution is 2.28. The summed E-state index contributed by atoms with van der Waals surface area (Å²) < 4.78 is 8.79. The fourth-order valence-electron chi connectivity index (χ4n) is 1.06. The molecule has 1 N–H and O–H groups in total. The zero-order valence-corrected chi connectivity index (χ0v) is 9.49. The first-order valence-electron chi connectivity index (χ1n) is 4.25. The highest BCUT2D eigenvalue weighted by atomic mass is 32.2. The smallest absolute Gasteiger partial charge is 0.0457 e. The molecule has 1 aromatic carbocycles. The molecule has 0 fully saturated rings. The van der Waals surface area contributed by atoms with Crippen LogP contribution in [-0.2, 0) is 5.75 Å². The summed E-state index contributed by atoms with van der Waals surface area (Å²) in [4.78, 5) is 1.28. The van der Waals surface area contributed by atoms with Gasteiger partial charge in [-0.05, 0) is 23.7 Å². The summed E-state index contributed by atoms with van der Waals surface area (Å²) in [5.74, 6) is 0.676. The number of thioether (sulfide) groups is 1. The van der Waals surface area contributed by atoms with Gasteiger partial charge in [-0.1, -0.05) is 32.0 Å². The molecule has 0 saturated carbocycles. The molecule has 0 atom stereocenters. The van der Waals surface area contributed by atoms with Gasteiger partial charge in [0, 0.05) is 15.9 Å². The van der Waals surface area contributed by atoms with Crippen LogP contribution in [0.4, 0.5) is 0 Å². The molecular weight excluding hydrogens is 200 g/mol. The fourth-order valence-corrected chi connectivity index (χ4v) is 2.50. The van der Waals surface area contributed by atoms with Crippen molar-refractivity contribution >= 4 is 23.8 Å². The topological polar surface area (TPSA) is 20.2 Å². The van der Waals surface area contributed by atoms with E-state index < -0.39 is 0 Å². The Morgan fingerprint density at radius 1 is 1.31 bits per heavy atom. The standard InChI is InChI=1S/C10H14OS2/c1-8(2)13-10-6-4-3-5-9(10)7-12-11/h3-6,8,11H,7H2,1-2H3. The van der Waals surface area contributed by atoms with Crippen molar-refractivity contribution in [2.45, 2.75) is 29.7 Å². The van der Waals surface area contributed by atoms with Crippen LogP contribution in [0.3, 0.4) is 0 Å². The lowest BCUT2D eigenvalue weighted by Gasteiger charge is -2.09.